The predicted octanol–water partition coefficient (Wildman–Crippen LogP) is 4.54. The van der Waals surface area contributed by atoms with E-state index >= 15 is 0 Å². The quantitative estimate of drug-likeness (QED) is 0.611. The van der Waals surface area contributed by atoms with E-state index in [2.05, 4.69) is 6.92 Å². The predicted molar refractivity (Wildman–Crippen MR) is 93.0 cm³/mol. The lowest BCUT2D eigenvalue weighted by atomic mass is 9.72. The third kappa shape index (κ3) is 2.75. The molecule has 3 rings (SSSR count). The molecule has 1 aliphatic carbocycles. The Morgan fingerprint density at radius 1 is 1.17 bits per heavy atom. The Hall–Kier alpha value is -1.75. The zero-order valence-electron chi connectivity index (χ0n) is 14.5. The molecule has 0 unspecified atom stereocenters. The number of benzene rings is 1. The number of hydroxylamine groups is 2. The molecule has 0 saturated heterocycles. The number of amidine groups is 1. The summed E-state index contributed by atoms with van der Waals surface area (Å²) in [5, 5.41) is 30.0. The van der Waals surface area contributed by atoms with Crippen molar-refractivity contribution in [2.75, 3.05) is 6.61 Å². The topological polar surface area (TPSA) is 76.8 Å². The van der Waals surface area contributed by atoms with Gasteiger partial charge in [0.2, 0.25) is 0 Å². The van der Waals surface area contributed by atoms with Crippen LogP contribution in [-0.4, -0.2) is 27.8 Å². The van der Waals surface area contributed by atoms with Crippen LogP contribution in [-0.2, 0) is 5.54 Å². The van der Waals surface area contributed by atoms with Crippen molar-refractivity contribution in [1.82, 2.24) is 5.06 Å². The fourth-order valence-corrected chi connectivity index (χ4v) is 3.81. The number of nitrogens with zero attached hydrogens (tertiary/aromatic N) is 1. The Labute approximate surface area is 143 Å². The van der Waals surface area contributed by atoms with E-state index in [0.717, 1.165) is 42.7 Å². The van der Waals surface area contributed by atoms with Crippen molar-refractivity contribution >= 4 is 5.84 Å². The van der Waals surface area contributed by atoms with Crippen molar-refractivity contribution in [3.8, 4) is 11.5 Å². The molecule has 1 aromatic carbocycles. The second-order valence-electron chi connectivity index (χ2n) is 7.00. The maximum absolute atomic E-state index is 10.5. The van der Waals surface area contributed by atoms with Gasteiger partial charge in [0.1, 0.15) is 0 Å². The van der Waals surface area contributed by atoms with Gasteiger partial charge in [-0.05, 0) is 37.3 Å². The Morgan fingerprint density at radius 3 is 2.54 bits per heavy atom. The highest BCUT2D eigenvalue weighted by molar-refractivity contribution is 6.04. The van der Waals surface area contributed by atoms with Crippen LogP contribution in [0.1, 0.15) is 75.8 Å². The lowest BCUT2D eigenvalue weighted by Gasteiger charge is -2.43. The molecular formula is C19H28N2O3. The number of unbranched alkanes of at least 4 members (excludes halogenated alkanes) is 5. The fourth-order valence-electron chi connectivity index (χ4n) is 3.81. The number of ether oxygens (including phenoxy) is 1. The average molecular weight is 332 g/mol. The molecule has 0 amide bonds. The maximum Gasteiger partial charge on any atom is 0.169 e. The first-order valence-electron chi connectivity index (χ1n) is 9.19. The summed E-state index contributed by atoms with van der Waals surface area (Å²) in [6, 6.07) is 3.67. The number of fused-ring (bicyclic) bond motifs is 2. The van der Waals surface area contributed by atoms with Crippen molar-refractivity contribution in [3.63, 3.8) is 0 Å². The SMILES string of the molecule is CCCCCCCCOc1ccc2c(c1O)C(=N)N(O)C21CCC1. The number of hydrogen-bond acceptors (Lipinski definition) is 4. The largest absolute Gasteiger partial charge is 0.504 e. The van der Waals surface area contributed by atoms with Gasteiger partial charge in [0, 0.05) is 0 Å². The summed E-state index contributed by atoms with van der Waals surface area (Å²) < 4.78 is 5.73. The van der Waals surface area contributed by atoms with E-state index in [1.165, 1.54) is 25.7 Å². The minimum atomic E-state index is -0.498. The van der Waals surface area contributed by atoms with Crippen LogP contribution in [0.5, 0.6) is 11.5 Å². The number of phenolic OH excluding ortho intramolecular Hbond substituents is 1. The molecule has 1 spiro atoms. The van der Waals surface area contributed by atoms with Gasteiger partial charge in [0.05, 0.1) is 17.7 Å². The van der Waals surface area contributed by atoms with Crippen molar-refractivity contribution in [1.29, 1.82) is 5.41 Å². The molecule has 0 bridgehead atoms. The molecule has 5 heteroatoms. The van der Waals surface area contributed by atoms with Gasteiger partial charge in [-0.1, -0.05) is 45.1 Å². The van der Waals surface area contributed by atoms with Crippen LogP contribution in [0.2, 0.25) is 0 Å². The van der Waals surface area contributed by atoms with Gasteiger partial charge in [-0.25, -0.2) is 5.06 Å². The van der Waals surface area contributed by atoms with Gasteiger partial charge in [0.15, 0.2) is 17.3 Å². The van der Waals surface area contributed by atoms with Gasteiger partial charge in [-0.15, -0.1) is 0 Å². The van der Waals surface area contributed by atoms with E-state index in [0.29, 0.717) is 17.9 Å². The first-order chi connectivity index (χ1) is 11.6. The number of hydrogen-bond donors (Lipinski definition) is 3. The van der Waals surface area contributed by atoms with Crippen LogP contribution in [0.3, 0.4) is 0 Å². The van der Waals surface area contributed by atoms with E-state index in [9.17, 15) is 10.3 Å². The highest BCUT2D eigenvalue weighted by atomic mass is 16.5. The Kier molecular flexibility index (Phi) is 4.99. The molecule has 1 saturated carbocycles. The smallest absolute Gasteiger partial charge is 0.169 e. The Balaban J connectivity index is 1.62. The molecule has 0 aromatic heterocycles. The van der Waals surface area contributed by atoms with E-state index in [1.807, 2.05) is 6.07 Å². The minimum Gasteiger partial charge on any atom is -0.504 e. The molecule has 1 heterocycles. The monoisotopic (exact) mass is 332 g/mol. The number of aromatic hydroxyl groups is 1. The first-order valence-corrected chi connectivity index (χ1v) is 9.19. The summed E-state index contributed by atoms with van der Waals surface area (Å²) in [6.07, 6.45) is 9.78. The third-order valence-corrected chi connectivity index (χ3v) is 5.43. The molecule has 0 atom stereocenters. The molecule has 1 fully saturated rings. The van der Waals surface area contributed by atoms with Gasteiger partial charge in [-0.2, -0.15) is 0 Å². The summed E-state index contributed by atoms with van der Waals surface area (Å²) in [6.45, 7) is 2.78. The molecule has 24 heavy (non-hydrogen) atoms. The second-order valence-corrected chi connectivity index (χ2v) is 7.00. The number of rotatable bonds is 8. The van der Waals surface area contributed by atoms with Crippen LogP contribution in [0.15, 0.2) is 12.1 Å². The summed E-state index contributed by atoms with van der Waals surface area (Å²) >= 11 is 0. The molecule has 132 valence electrons. The summed E-state index contributed by atoms with van der Waals surface area (Å²) in [5.74, 6) is 0.385. The van der Waals surface area contributed by atoms with E-state index < -0.39 is 5.54 Å². The molecular weight excluding hydrogens is 304 g/mol. The van der Waals surface area contributed by atoms with Gasteiger partial charge in [-0.3, -0.25) is 10.6 Å². The molecule has 2 aliphatic rings. The molecule has 3 N–H and O–H groups in total. The molecule has 0 radical (unpaired) electrons. The minimum absolute atomic E-state index is 0.00805. The van der Waals surface area contributed by atoms with Crippen LogP contribution < -0.4 is 4.74 Å². The lowest BCUT2D eigenvalue weighted by molar-refractivity contribution is -0.138. The van der Waals surface area contributed by atoms with E-state index in [4.69, 9.17) is 10.1 Å². The fraction of sp³-hybridized carbons (Fsp3) is 0.632. The molecule has 1 aliphatic heterocycles. The van der Waals surface area contributed by atoms with Crippen LogP contribution in [0.25, 0.3) is 0 Å². The standard InChI is InChI=1S/C19H28N2O3/c1-2-3-4-5-6-7-13-24-15-10-9-14-16(17(15)22)18(20)21(23)19(14)11-8-12-19/h9-10,20,22-23H,2-8,11-13H2,1H3. The zero-order valence-corrected chi connectivity index (χ0v) is 14.5. The average Bonchev–Trinajstić information content (AvgIpc) is 2.77. The first kappa shape index (κ1) is 17.1. The summed E-state index contributed by atoms with van der Waals surface area (Å²) in [7, 11) is 0. The summed E-state index contributed by atoms with van der Waals surface area (Å²) in [5.41, 5.74) is 0.783. The highest BCUT2D eigenvalue weighted by Crippen LogP contribution is 2.54. The van der Waals surface area contributed by atoms with E-state index in [-0.39, 0.29) is 11.6 Å². The van der Waals surface area contributed by atoms with Gasteiger partial charge < -0.3 is 9.84 Å². The lowest BCUT2D eigenvalue weighted by Crippen LogP contribution is -2.46. The molecule has 5 nitrogen and oxygen atoms in total. The Bertz CT molecular complexity index is 611. The van der Waals surface area contributed by atoms with Crippen LogP contribution in [0.4, 0.5) is 0 Å². The van der Waals surface area contributed by atoms with Gasteiger partial charge in [0.25, 0.3) is 0 Å². The second kappa shape index (κ2) is 7.01. The van der Waals surface area contributed by atoms with Gasteiger partial charge >= 0.3 is 0 Å². The van der Waals surface area contributed by atoms with Crippen molar-refractivity contribution in [2.24, 2.45) is 0 Å². The van der Waals surface area contributed by atoms with Crippen molar-refractivity contribution < 1.29 is 15.1 Å². The molecule has 1 aromatic rings. The maximum atomic E-state index is 10.5. The highest BCUT2D eigenvalue weighted by Gasteiger charge is 2.53. The summed E-state index contributed by atoms with van der Waals surface area (Å²) in [4.78, 5) is 0. The van der Waals surface area contributed by atoms with E-state index in [1.54, 1.807) is 6.07 Å². The van der Waals surface area contributed by atoms with Crippen molar-refractivity contribution in [3.05, 3.63) is 23.3 Å². The van der Waals surface area contributed by atoms with Crippen LogP contribution in [0, 0.1) is 5.41 Å². The number of nitrogens with one attached hydrogen (secondary N) is 1. The Morgan fingerprint density at radius 2 is 1.88 bits per heavy atom. The van der Waals surface area contributed by atoms with Crippen LogP contribution >= 0.6 is 0 Å². The van der Waals surface area contributed by atoms with Crippen molar-refractivity contribution in [2.45, 2.75) is 70.3 Å². The number of phenols is 1. The zero-order chi connectivity index (χ0) is 17.2. The third-order valence-electron chi connectivity index (χ3n) is 5.43. The normalized spacial score (nSPS) is 17.9.